The van der Waals surface area contributed by atoms with Gasteiger partial charge in [0.05, 0.1) is 13.7 Å². The van der Waals surface area contributed by atoms with Crippen LogP contribution in [-0.4, -0.2) is 32.2 Å². The number of rotatable bonds is 4. The molecule has 2 rings (SSSR count). The SMILES string of the molecule is COc1cc2c(cc1C(CN)CO)OCO2. The van der Waals surface area contributed by atoms with Gasteiger partial charge in [-0.3, -0.25) is 0 Å². The molecule has 0 spiro atoms. The van der Waals surface area contributed by atoms with E-state index < -0.39 is 0 Å². The number of nitrogens with two attached hydrogens (primary N) is 1. The van der Waals surface area contributed by atoms with Gasteiger partial charge in [-0.2, -0.15) is 0 Å². The fourth-order valence-corrected chi connectivity index (χ4v) is 1.73. The van der Waals surface area contributed by atoms with Crippen molar-refractivity contribution in [3.05, 3.63) is 17.7 Å². The van der Waals surface area contributed by atoms with E-state index in [0.717, 1.165) is 5.56 Å². The van der Waals surface area contributed by atoms with Crippen LogP contribution < -0.4 is 19.9 Å². The third-order valence-corrected chi connectivity index (χ3v) is 2.67. The van der Waals surface area contributed by atoms with Gasteiger partial charge in [-0.1, -0.05) is 0 Å². The normalized spacial score (nSPS) is 14.9. The first kappa shape index (κ1) is 11.0. The van der Waals surface area contributed by atoms with E-state index in [-0.39, 0.29) is 19.3 Å². The molecule has 1 aromatic rings. The molecule has 0 bridgehead atoms. The van der Waals surface area contributed by atoms with Gasteiger partial charge in [-0.25, -0.2) is 0 Å². The van der Waals surface area contributed by atoms with Crippen molar-refractivity contribution in [3.8, 4) is 17.2 Å². The van der Waals surface area contributed by atoms with Gasteiger partial charge in [0.25, 0.3) is 0 Å². The topological polar surface area (TPSA) is 73.9 Å². The molecule has 0 saturated heterocycles. The van der Waals surface area contributed by atoms with E-state index in [1.165, 1.54) is 0 Å². The van der Waals surface area contributed by atoms with Crippen molar-refractivity contribution in [1.29, 1.82) is 0 Å². The highest BCUT2D eigenvalue weighted by Crippen LogP contribution is 2.40. The molecule has 0 radical (unpaired) electrons. The molecule has 88 valence electrons. The van der Waals surface area contributed by atoms with Crippen LogP contribution in [0, 0.1) is 0 Å². The van der Waals surface area contributed by atoms with Crippen molar-refractivity contribution in [3.63, 3.8) is 0 Å². The molecule has 1 unspecified atom stereocenters. The lowest BCUT2D eigenvalue weighted by molar-refractivity contribution is 0.174. The number of aliphatic hydroxyl groups is 1. The molecule has 0 aliphatic carbocycles. The van der Waals surface area contributed by atoms with Crippen LogP contribution in [0.3, 0.4) is 0 Å². The summed E-state index contributed by atoms with van der Waals surface area (Å²) >= 11 is 0. The first-order chi connectivity index (χ1) is 7.80. The Morgan fingerprint density at radius 2 is 2.12 bits per heavy atom. The summed E-state index contributed by atoms with van der Waals surface area (Å²) in [5.41, 5.74) is 6.44. The Labute approximate surface area is 93.7 Å². The Kier molecular flexibility index (Phi) is 3.17. The molecular formula is C11H15NO4. The van der Waals surface area contributed by atoms with E-state index in [4.69, 9.17) is 19.9 Å². The number of hydrogen-bond donors (Lipinski definition) is 2. The number of benzene rings is 1. The highest BCUT2D eigenvalue weighted by atomic mass is 16.7. The van der Waals surface area contributed by atoms with Gasteiger partial charge in [-0.05, 0) is 6.07 Å². The quantitative estimate of drug-likeness (QED) is 0.778. The monoisotopic (exact) mass is 225 g/mol. The average molecular weight is 225 g/mol. The summed E-state index contributed by atoms with van der Waals surface area (Å²) in [5, 5.41) is 9.24. The second-order valence-corrected chi connectivity index (χ2v) is 3.56. The predicted octanol–water partition coefficient (Wildman–Crippen LogP) is 0.458. The van der Waals surface area contributed by atoms with Crippen LogP contribution in [0.15, 0.2) is 12.1 Å². The molecule has 5 nitrogen and oxygen atoms in total. The van der Waals surface area contributed by atoms with E-state index in [1.54, 1.807) is 13.2 Å². The molecule has 1 aliphatic rings. The minimum atomic E-state index is -0.149. The summed E-state index contributed by atoms with van der Waals surface area (Å²) < 4.78 is 15.8. The Bertz CT molecular complexity index is 376. The zero-order valence-electron chi connectivity index (χ0n) is 9.10. The summed E-state index contributed by atoms with van der Waals surface area (Å²) in [4.78, 5) is 0. The fraction of sp³-hybridized carbons (Fsp3) is 0.455. The zero-order chi connectivity index (χ0) is 11.5. The molecule has 3 N–H and O–H groups in total. The fourth-order valence-electron chi connectivity index (χ4n) is 1.73. The molecule has 0 amide bonds. The van der Waals surface area contributed by atoms with Gasteiger partial charge >= 0.3 is 0 Å². The van der Waals surface area contributed by atoms with Crippen LogP contribution in [0.2, 0.25) is 0 Å². The van der Waals surface area contributed by atoms with Crippen molar-refractivity contribution in [1.82, 2.24) is 0 Å². The number of aliphatic hydroxyl groups excluding tert-OH is 1. The maximum atomic E-state index is 9.24. The van der Waals surface area contributed by atoms with Gasteiger partial charge in [0.15, 0.2) is 11.5 Å². The number of methoxy groups -OCH3 is 1. The molecule has 1 aliphatic heterocycles. The second kappa shape index (κ2) is 4.59. The van der Waals surface area contributed by atoms with Crippen LogP contribution in [0.25, 0.3) is 0 Å². The van der Waals surface area contributed by atoms with E-state index in [9.17, 15) is 5.11 Å². The highest BCUT2D eigenvalue weighted by molar-refractivity contribution is 5.53. The zero-order valence-corrected chi connectivity index (χ0v) is 9.10. The number of hydrogen-bond acceptors (Lipinski definition) is 5. The van der Waals surface area contributed by atoms with Crippen LogP contribution in [0.1, 0.15) is 11.5 Å². The van der Waals surface area contributed by atoms with Crippen molar-refractivity contribution in [2.24, 2.45) is 5.73 Å². The molecule has 5 heteroatoms. The summed E-state index contributed by atoms with van der Waals surface area (Å²) in [6.45, 7) is 0.549. The summed E-state index contributed by atoms with van der Waals surface area (Å²) in [7, 11) is 1.58. The van der Waals surface area contributed by atoms with Gasteiger partial charge in [0.1, 0.15) is 5.75 Å². The molecule has 1 atom stereocenters. The van der Waals surface area contributed by atoms with Crippen molar-refractivity contribution < 1.29 is 19.3 Å². The minimum absolute atomic E-state index is 0.0213. The van der Waals surface area contributed by atoms with Crippen LogP contribution in [0.5, 0.6) is 17.2 Å². The van der Waals surface area contributed by atoms with Gasteiger partial charge in [0, 0.05) is 24.1 Å². The molecule has 0 saturated carbocycles. The Hall–Kier alpha value is -1.46. The summed E-state index contributed by atoms with van der Waals surface area (Å²) in [6, 6.07) is 3.57. The van der Waals surface area contributed by atoms with Gasteiger partial charge in [0.2, 0.25) is 6.79 Å². The van der Waals surface area contributed by atoms with E-state index in [1.807, 2.05) is 6.07 Å². The largest absolute Gasteiger partial charge is 0.496 e. The minimum Gasteiger partial charge on any atom is -0.496 e. The lowest BCUT2D eigenvalue weighted by Crippen LogP contribution is -2.16. The lowest BCUT2D eigenvalue weighted by atomic mass is 9.98. The molecule has 16 heavy (non-hydrogen) atoms. The first-order valence-electron chi connectivity index (χ1n) is 5.08. The van der Waals surface area contributed by atoms with Crippen molar-refractivity contribution in [2.75, 3.05) is 27.1 Å². The van der Waals surface area contributed by atoms with E-state index in [2.05, 4.69) is 0 Å². The van der Waals surface area contributed by atoms with Crippen molar-refractivity contribution >= 4 is 0 Å². The molecule has 0 fully saturated rings. The van der Waals surface area contributed by atoms with Gasteiger partial charge in [-0.15, -0.1) is 0 Å². The molecule has 1 aromatic carbocycles. The first-order valence-corrected chi connectivity index (χ1v) is 5.08. The highest BCUT2D eigenvalue weighted by Gasteiger charge is 2.21. The van der Waals surface area contributed by atoms with E-state index >= 15 is 0 Å². The Balaban J connectivity index is 2.42. The standard InChI is InChI=1S/C11H15NO4/c1-14-9-3-11-10(15-6-16-11)2-8(9)7(4-12)5-13/h2-3,7,13H,4-6,12H2,1H3. The Morgan fingerprint density at radius 3 is 2.69 bits per heavy atom. The van der Waals surface area contributed by atoms with Crippen molar-refractivity contribution in [2.45, 2.75) is 5.92 Å². The third-order valence-electron chi connectivity index (χ3n) is 2.67. The number of fused-ring (bicyclic) bond motifs is 1. The third kappa shape index (κ3) is 1.79. The maximum Gasteiger partial charge on any atom is 0.231 e. The lowest BCUT2D eigenvalue weighted by Gasteiger charge is -2.16. The second-order valence-electron chi connectivity index (χ2n) is 3.56. The molecule has 0 aromatic heterocycles. The van der Waals surface area contributed by atoms with Crippen LogP contribution >= 0.6 is 0 Å². The smallest absolute Gasteiger partial charge is 0.231 e. The van der Waals surface area contributed by atoms with Gasteiger partial charge < -0.3 is 25.1 Å². The molecular weight excluding hydrogens is 210 g/mol. The average Bonchev–Trinajstić information content (AvgIpc) is 2.76. The van der Waals surface area contributed by atoms with Crippen LogP contribution in [-0.2, 0) is 0 Å². The maximum absolute atomic E-state index is 9.24. The summed E-state index contributed by atoms with van der Waals surface area (Å²) in [5.74, 6) is 1.84. The van der Waals surface area contributed by atoms with Crippen LogP contribution in [0.4, 0.5) is 0 Å². The summed E-state index contributed by atoms with van der Waals surface area (Å²) in [6.07, 6.45) is 0. The predicted molar refractivity (Wildman–Crippen MR) is 58.0 cm³/mol. The number of ether oxygens (including phenoxy) is 3. The Morgan fingerprint density at radius 1 is 1.44 bits per heavy atom. The van der Waals surface area contributed by atoms with E-state index in [0.29, 0.717) is 23.8 Å². The molecule has 1 heterocycles.